The first kappa shape index (κ1) is 14.6. The Kier molecular flexibility index (Phi) is 3.62. The van der Waals surface area contributed by atoms with Crippen molar-refractivity contribution in [1.82, 2.24) is 9.80 Å². The van der Waals surface area contributed by atoms with E-state index in [2.05, 4.69) is 4.74 Å². The van der Waals surface area contributed by atoms with Gasteiger partial charge in [0.15, 0.2) is 0 Å². The molecule has 2 aliphatic rings. The van der Waals surface area contributed by atoms with Crippen molar-refractivity contribution in [3.05, 3.63) is 0 Å². The number of methoxy groups -OCH3 is 1. The number of carbonyl (C=O) groups excluding carboxylic acids is 2. The van der Waals surface area contributed by atoms with Gasteiger partial charge in [-0.2, -0.15) is 0 Å². The minimum atomic E-state index is -0.915. The van der Waals surface area contributed by atoms with E-state index >= 15 is 0 Å². The zero-order valence-electron chi connectivity index (χ0n) is 12.0. The summed E-state index contributed by atoms with van der Waals surface area (Å²) in [4.78, 5) is 38.0. The van der Waals surface area contributed by atoms with Crippen molar-refractivity contribution in [2.75, 3.05) is 33.3 Å². The molecule has 20 heavy (non-hydrogen) atoms. The lowest BCUT2D eigenvalue weighted by Gasteiger charge is -2.34. The molecule has 1 heterocycles. The van der Waals surface area contributed by atoms with Gasteiger partial charge < -0.3 is 19.6 Å². The molecule has 2 fully saturated rings. The van der Waals surface area contributed by atoms with E-state index < -0.39 is 29.3 Å². The molecule has 2 amide bonds. The number of rotatable bonds is 2. The third kappa shape index (κ3) is 2.32. The molecular weight excluding hydrogens is 264 g/mol. The highest BCUT2D eigenvalue weighted by Gasteiger charge is 2.66. The molecule has 7 heteroatoms. The molecule has 1 N–H and O–H groups in total. The number of nitrogens with zero attached hydrogens (tertiary/aromatic N) is 2. The molecular formula is C13H20N2O5. The summed E-state index contributed by atoms with van der Waals surface area (Å²) in [6, 6.07) is 0. The summed E-state index contributed by atoms with van der Waals surface area (Å²) >= 11 is 0. The normalized spacial score (nSPS) is 27.9. The predicted molar refractivity (Wildman–Crippen MR) is 69.0 cm³/mol. The summed E-state index contributed by atoms with van der Waals surface area (Å²) in [5, 5.41) is 9.11. The number of carbonyl (C=O) groups is 3. The van der Waals surface area contributed by atoms with Gasteiger partial charge in [0.2, 0.25) is 5.91 Å². The Morgan fingerprint density at radius 1 is 1.05 bits per heavy atom. The van der Waals surface area contributed by atoms with E-state index in [1.807, 2.05) is 0 Å². The van der Waals surface area contributed by atoms with Gasteiger partial charge in [0.1, 0.15) is 0 Å². The Morgan fingerprint density at radius 2 is 1.55 bits per heavy atom. The average molecular weight is 284 g/mol. The fourth-order valence-corrected chi connectivity index (χ4v) is 2.99. The van der Waals surface area contributed by atoms with Gasteiger partial charge in [-0.3, -0.25) is 9.59 Å². The number of hydrogen-bond acceptors (Lipinski definition) is 4. The van der Waals surface area contributed by atoms with Gasteiger partial charge in [0.25, 0.3) is 0 Å². The third-order valence-electron chi connectivity index (χ3n) is 4.38. The fourth-order valence-electron chi connectivity index (χ4n) is 2.99. The molecule has 112 valence electrons. The number of hydrogen-bond donors (Lipinski definition) is 1. The topological polar surface area (TPSA) is 87.2 Å². The van der Waals surface area contributed by atoms with Crippen LogP contribution in [0.2, 0.25) is 0 Å². The van der Waals surface area contributed by atoms with E-state index in [1.54, 1.807) is 18.7 Å². The van der Waals surface area contributed by atoms with Crippen LogP contribution in [0.1, 0.15) is 13.8 Å². The standard InChI is InChI=1S/C13H20N2O5/c1-13(2)8(9(13)11(17)18)10(16)14-4-6-15(7-5-14)12(19)20-3/h8-9H,4-7H2,1-3H3,(H,17,18)/t8-,9+/m1/s1. The summed E-state index contributed by atoms with van der Waals surface area (Å²) in [5.74, 6) is -2.09. The van der Waals surface area contributed by atoms with Crippen molar-refractivity contribution in [3.8, 4) is 0 Å². The van der Waals surface area contributed by atoms with Gasteiger partial charge in [0, 0.05) is 26.2 Å². The van der Waals surface area contributed by atoms with E-state index in [4.69, 9.17) is 5.11 Å². The van der Waals surface area contributed by atoms with E-state index in [9.17, 15) is 14.4 Å². The maximum Gasteiger partial charge on any atom is 0.409 e. The highest BCUT2D eigenvalue weighted by Crippen LogP contribution is 2.59. The van der Waals surface area contributed by atoms with Crippen molar-refractivity contribution in [3.63, 3.8) is 0 Å². The van der Waals surface area contributed by atoms with Crippen LogP contribution in [-0.2, 0) is 14.3 Å². The Labute approximate surface area is 117 Å². The van der Waals surface area contributed by atoms with Gasteiger partial charge in [-0.15, -0.1) is 0 Å². The quantitative estimate of drug-likeness (QED) is 0.785. The monoisotopic (exact) mass is 284 g/mol. The second-order valence-corrected chi connectivity index (χ2v) is 5.90. The predicted octanol–water partition coefficient (Wildman–Crippen LogP) is 0.254. The first-order chi connectivity index (χ1) is 9.30. The molecule has 7 nitrogen and oxygen atoms in total. The molecule has 1 saturated carbocycles. The zero-order valence-corrected chi connectivity index (χ0v) is 12.0. The van der Waals surface area contributed by atoms with Crippen LogP contribution in [0.5, 0.6) is 0 Å². The Balaban J connectivity index is 1.93. The molecule has 0 unspecified atom stereocenters. The molecule has 2 atom stereocenters. The highest BCUT2D eigenvalue weighted by atomic mass is 16.5. The largest absolute Gasteiger partial charge is 0.481 e. The lowest BCUT2D eigenvalue weighted by molar-refractivity contribution is -0.142. The molecule has 0 aromatic heterocycles. The van der Waals surface area contributed by atoms with Crippen molar-refractivity contribution in [2.45, 2.75) is 13.8 Å². The molecule has 0 aromatic carbocycles. The van der Waals surface area contributed by atoms with Crippen LogP contribution in [0.25, 0.3) is 0 Å². The Hall–Kier alpha value is -1.79. The second-order valence-electron chi connectivity index (χ2n) is 5.90. The summed E-state index contributed by atoms with van der Waals surface area (Å²) in [5.41, 5.74) is -0.484. The average Bonchev–Trinajstić information content (AvgIpc) is 3.00. The van der Waals surface area contributed by atoms with Crippen LogP contribution in [0, 0.1) is 17.3 Å². The van der Waals surface area contributed by atoms with E-state index in [-0.39, 0.29) is 5.91 Å². The maximum absolute atomic E-state index is 12.4. The molecule has 0 radical (unpaired) electrons. The third-order valence-corrected chi connectivity index (χ3v) is 4.38. The smallest absolute Gasteiger partial charge is 0.409 e. The van der Waals surface area contributed by atoms with Crippen LogP contribution in [0.3, 0.4) is 0 Å². The first-order valence-electron chi connectivity index (χ1n) is 6.65. The van der Waals surface area contributed by atoms with Crippen LogP contribution < -0.4 is 0 Å². The van der Waals surface area contributed by atoms with E-state index in [0.29, 0.717) is 26.2 Å². The first-order valence-corrected chi connectivity index (χ1v) is 6.65. The van der Waals surface area contributed by atoms with Crippen molar-refractivity contribution in [1.29, 1.82) is 0 Å². The van der Waals surface area contributed by atoms with Gasteiger partial charge in [-0.25, -0.2) is 4.79 Å². The fraction of sp³-hybridized carbons (Fsp3) is 0.769. The Bertz CT molecular complexity index is 440. The van der Waals surface area contributed by atoms with Gasteiger partial charge in [-0.05, 0) is 5.41 Å². The summed E-state index contributed by atoms with van der Waals surface area (Å²) in [7, 11) is 1.32. The zero-order chi connectivity index (χ0) is 15.1. The molecule has 0 bridgehead atoms. The summed E-state index contributed by atoms with van der Waals surface area (Å²) < 4.78 is 4.63. The number of amides is 2. The van der Waals surface area contributed by atoms with Crippen LogP contribution in [-0.4, -0.2) is 66.2 Å². The number of piperazine rings is 1. The number of carboxylic acids is 1. The maximum atomic E-state index is 12.4. The van der Waals surface area contributed by atoms with Crippen LogP contribution in [0.4, 0.5) is 4.79 Å². The van der Waals surface area contributed by atoms with Crippen molar-refractivity contribution < 1.29 is 24.2 Å². The SMILES string of the molecule is COC(=O)N1CCN(C(=O)[C@H]2[C@@H](C(=O)O)C2(C)C)CC1. The van der Waals surface area contributed by atoms with Crippen molar-refractivity contribution in [2.24, 2.45) is 17.3 Å². The number of aliphatic carboxylic acids is 1. The van der Waals surface area contributed by atoms with Crippen molar-refractivity contribution >= 4 is 18.0 Å². The second kappa shape index (κ2) is 4.96. The lowest BCUT2D eigenvalue weighted by Crippen LogP contribution is -2.51. The molecule has 0 aromatic rings. The van der Waals surface area contributed by atoms with E-state index in [0.717, 1.165) is 0 Å². The van der Waals surface area contributed by atoms with Gasteiger partial charge in [-0.1, -0.05) is 13.8 Å². The van der Waals surface area contributed by atoms with Crippen LogP contribution in [0.15, 0.2) is 0 Å². The van der Waals surface area contributed by atoms with Crippen LogP contribution >= 0.6 is 0 Å². The molecule has 0 spiro atoms. The molecule has 1 aliphatic heterocycles. The minimum Gasteiger partial charge on any atom is -0.481 e. The highest BCUT2D eigenvalue weighted by molar-refractivity contribution is 5.91. The van der Waals surface area contributed by atoms with E-state index in [1.165, 1.54) is 12.0 Å². The lowest BCUT2D eigenvalue weighted by atomic mass is 10.1. The molecule has 1 aliphatic carbocycles. The summed E-state index contributed by atoms with van der Waals surface area (Å²) in [6.07, 6.45) is -0.396. The molecule has 1 saturated heterocycles. The summed E-state index contributed by atoms with van der Waals surface area (Å²) in [6.45, 7) is 5.30. The van der Waals surface area contributed by atoms with Gasteiger partial charge >= 0.3 is 12.1 Å². The number of carboxylic acid groups (broad SMARTS) is 1. The number of ether oxygens (including phenoxy) is 1. The molecule has 2 rings (SSSR count). The van der Waals surface area contributed by atoms with Gasteiger partial charge in [0.05, 0.1) is 18.9 Å². The Morgan fingerprint density at radius 3 is 1.95 bits per heavy atom. The minimum absolute atomic E-state index is 0.119.